The zero-order valence-electron chi connectivity index (χ0n) is 8.41. The van der Waals surface area contributed by atoms with Gasteiger partial charge in [0.15, 0.2) is 0 Å². The van der Waals surface area contributed by atoms with Crippen molar-refractivity contribution in [2.75, 3.05) is 7.11 Å². The largest absolute Gasteiger partial charge is 0.504 e. The van der Waals surface area contributed by atoms with Gasteiger partial charge < -0.3 is 4.74 Å². The quantitative estimate of drug-likeness (QED) is 0.589. The molecule has 86 valence electrons. The molecule has 16 heavy (non-hydrogen) atoms. The number of alkyl halides is 3. The first-order valence-corrected chi connectivity index (χ1v) is 4.36. The molecule has 0 atom stereocenters. The highest BCUT2D eigenvalue weighted by molar-refractivity contribution is 6.23. The van der Waals surface area contributed by atoms with Crippen LogP contribution in [-0.2, 0) is 9.53 Å². The molecule has 2 nitrogen and oxygen atoms in total. The van der Waals surface area contributed by atoms with Crippen molar-refractivity contribution in [2.45, 2.75) is 6.18 Å². The maximum absolute atomic E-state index is 12.3. The number of allylic oxidation sites excluding steroid dienone is 1. The molecule has 0 spiro atoms. The Kier molecular flexibility index (Phi) is 3.71. The number of ketones is 1. The molecule has 0 aliphatic heterocycles. The zero-order chi connectivity index (χ0) is 12.2. The summed E-state index contributed by atoms with van der Waals surface area (Å²) in [4.78, 5) is 11.1. The number of ether oxygens (including phenoxy) is 1. The third kappa shape index (κ3) is 2.85. The molecule has 0 unspecified atom stereocenters. The fraction of sp³-hybridized carbons (Fsp3) is 0.182. The smallest absolute Gasteiger partial charge is 0.455 e. The Hall–Kier alpha value is -1.78. The first kappa shape index (κ1) is 12.3. The van der Waals surface area contributed by atoms with E-state index >= 15 is 0 Å². The number of methoxy groups -OCH3 is 1. The van der Waals surface area contributed by atoms with Crippen molar-refractivity contribution in [1.29, 1.82) is 0 Å². The molecular formula is C11H9F3O2. The van der Waals surface area contributed by atoms with Crippen LogP contribution in [0.15, 0.2) is 36.6 Å². The third-order valence-electron chi connectivity index (χ3n) is 1.82. The van der Waals surface area contributed by atoms with E-state index < -0.39 is 17.5 Å². The number of carbonyl (C=O) groups excluding carboxylic acids is 1. The summed E-state index contributed by atoms with van der Waals surface area (Å²) in [5.74, 6) is -1.92. The Bertz CT molecular complexity index is 393. The van der Waals surface area contributed by atoms with Crippen LogP contribution in [0.25, 0.3) is 5.57 Å². The molecular weight excluding hydrogens is 221 g/mol. The van der Waals surface area contributed by atoms with E-state index in [2.05, 4.69) is 4.74 Å². The highest BCUT2D eigenvalue weighted by atomic mass is 19.4. The lowest BCUT2D eigenvalue weighted by molar-refractivity contribution is -0.164. The van der Waals surface area contributed by atoms with Gasteiger partial charge in [0.05, 0.1) is 18.9 Å². The number of hydrogen-bond acceptors (Lipinski definition) is 2. The molecule has 0 aromatic heterocycles. The van der Waals surface area contributed by atoms with E-state index in [-0.39, 0.29) is 5.56 Å². The van der Waals surface area contributed by atoms with Gasteiger partial charge in [0.1, 0.15) is 0 Å². The SMILES string of the molecule is COC=C(C(=O)C(F)(F)F)c1ccccc1. The Morgan fingerprint density at radius 2 is 1.81 bits per heavy atom. The average Bonchev–Trinajstić information content (AvgIpc) is 2.25. The van der Waals surface area contributed by atoms with Gasteiger partial charge in [-0.05, 0) is 5.56 Å². The van der Waals surface area contributed by atoms with Gasteiger partial charge in [-0.1, -0.05) is 30.3 Å². The van der Waals surface area contributed by atoms with Crippen LogP contribution in [0, 0.1) is 0 Å². The normalized spacial score (nSPS) is 12.4. The zero-order valence-corrected chi connectivity index (χ0v) is 8.41. The Balaban J connectivity index is 3.13. The Morgan fingerprint density at radius 3 is 2.25 bits per heavy atom. The summed E-state index contributed by atoms with van der Waals surface area (Å²) in [6, 6.07) is 7.56. The maximum atomic E-state index is 12.3. The molecule has 1 aromatic carbocycles. The third-order valence-corrected chi connectivity index (χ3v) is 1.82. The fourth-order valence-electron chi connectivity index (χ4n) is 1.14. The lowest BCUT2D eigenvalue weighted by Crippen LogP contribution is -2.24. The summed E-state index contributed by atoms with van der Waals surface area (Å²) in [5, 5.41) is 0. The highest BCUT2D eigenvalue weighted by Gasteiger charge is 2.41. The van der Waals surface area contributed by atoms with Crippen molar-refractivity contribution in [1.82, 2.24) is 0 Å². The van der Waals surface area contributed by atoms with Crippen LogP contribution in [0.5, 0.6) is 0 Å². The fourth-order valence-corrected chi connectivity index (χ4v) is 1.14. The molecule has 0 saturated carbocycles. The summed E-state index contributed by atoms with van der Waals surface area (Å²) >= 11 is 0. The number of Topliss-reactive ketones (excluding diaryl/α,β-unsaturated/α-hetero) is 1. The molecule has 0 aliphatic rings. The lowest BCUT2D eigenvalue weighted by atomic mass is 10.0. The second-order valence-corrected chi connectivity index (χ2v) is 2.96. The van der Waals surface area contributed by atoms with E-state index in [1.165, 1.54) is 19.2 Å². The van der Waals surface area contributed by atoms with Crippen LogP contribution < -0.4 is 0 Å². The summed E-state index contributed by atoms with van der Waals surface area (Å²) in [5.41, 5.74) is -0.331. The van der Waals surface area contributed by atoms with Crippen LogP contribution in [-0.4, -0.2) is 19.1 Å². The molecule has 1 aromatic rings. The predicted molar refractivity (Wildman–Crippen MR) is 52.5 cm³/mol. The van der Waals surface area contributed by atoms with Gasteiger partial charge in [0.2, 0.25) is 0 Å². The van der Waals surface area contributed by atoms with Crippen molar-refractivity contribution in [2.24, 2.45) is 0 Å². The number of carbonyl (C=O) groups is 1. The van der Waals surface area contributed by atoms with Gasteiger partial charge >= 0.3 is 6.18 Å². The first-order valence-electron chi connectivity index (χ1n) is 4.36. The van der Waals surface area contributed by atoms with Crippen LogP contribution in [0.4, 0.5) is 13.2 Å². The van der Waals surface area contributed by atoms with Gasteiger partial charge in [-0.15, -0.1) is 0 Å². The van der Waals surface area contributed by atoms with Crippen LogP contribution >= 0.6 is 0 Å². The minimum Gasteiger partial charge on any atom is -0.504 e. The molecule has 0 N–H and O–H groups in total. The average molecular weight is 230 g/mol. The molecule has 5 heteroatoms. The van der Waals surface area contributed by atoms with Crippen molar-refractivity contribution in [3.05, 3.63) is 42.2 Å². The second-order valence-electron chi connectivity index (χ2n) is 2.96. The Morgan fingerprint density at radius 1 is 1.25 bits per heavy atom. The van der Waals surface area contributed by atoms with Crippen molar-refractivity contribution < 1.29 is 22.7 Å². The minimum absolute atomic E-state index is 0.173. The second kappa shape index (κ2) is 4.83. The van der Waals surface area contributed by atoms with E-state index in [0.29, 0.717) is 0 Å². The van der Waals surface area contributed by atoms with E-state index in [1.54, 1.807) is 18.2 Å². The molecule has 1 rings (SSSR count). The topological polar surface area (TPSA) is 26.3 Å². The number of halogens is 3. The summed E-state index contributed by atoms with van der Waals surface area (Å²) in [7, 11) is 1.19. The number of rotatable bonds is 3. The molecule has 0 amide bonds. The van der Waals surface area contributed by atoms with Gasteiger partial charge in [-0.2, -0.15) is 13.2 Å². The van der Waals surface area contributed by atoms with Gasteiger partial charge in [0, 0.05) is 0 Å². The van der Waals surface area contributed by atoms with Crippen molar-refractivity contribution in [3.63, 3.8) is 0 Å². The van der Waals surface area contributed by atoms with E-state index in [4.69, 9.17) is 0 Å². The minimum atomic E-state index is -4.90. The van der Waals surface area contributed by atoms with Crippen molar-refractivity contribution in [3.8, 4) is 0 Å². The van der Waals surface area contributed by atoms with Crippen molar-refractivity contribution >= 4 is 11.4 Å². The lowest BCUT2D eigenvalue weighted by Gasteiger charge is -2.09. The molecule has 0 radical (unpaired) electrons. The Labute approximate surface area is 90.3 Å². The highest BCUT2D eigenvalue weighted by Crippen LogP contribution is 2.26. The predicted octanol–water partition coefficient (Wildman–Crippen LogP) is 2.81. The summed E-state index contributed by atoms with van der Waals surface area (Å²) in [6.07, 6.45) is -4.11. The molecule has 0 heterocycles. The van der Waals surface area contributed by atoms with E-state index in [0.717, 1.165) is 6.26 Å². The van der Waals surface area contributed by atoms with Gasteiger partial charge in [0.25, 0.3) is 5.78 Å². The van der Waals surface area contributed by atoms with Crippen LogP contribution in [0.3, 0.4) is 0 Å². The van der Waals surface area contributed by atoms with Gasteiger partial charge in [-0.25, -0.2) is 0 Å². The maximum Gasteiger partial charge on any atom is 0.455 e. The number of hydrogen-bond donors (Lipinski definition) is 0. The molecule has 0 fully saturated rings. The molecule has 0 bridgehead atoms. The standard InChI is InChI=1S/C11H9F3O2/c1-16-7-9(10(15)11(12,13)14)8-5-3-2-4-6-8/h2-7H,1H3. The number of benzene rings is 1. The monoisotopic (exact) mass is 230 g/mol. The van der Waals surface area contributed by atoms with E-state index in [9.17, 15) is 18.0 Å². The molecule has 0 saturated heterocycles. The van der Waals surface area contributed by atoms with Gasteiger partial charge in [-0.3, -0.25) is 4.79 Å². The summed E-state index contributed by atoms with van der Waals surface area (Å²) in [6.45, 7) is 0. The van der Waals surface area contributed by atoms with Crippen LogP contribution in [0.1, 0.15) is 5.56 Å². The first-order chi connectivity index (χ1) is 7.46. The van der Waals surface area contributed by atoms with Crippen LogP contribution in [0.2, 0.25) is 0 Å². The van der Waals surface area contributed by atoms with E-state index in [1.807, 2.05) is 0 Å². The summed E-state index contributed by atoms with van der Waals surface area (Å²) < 4.78 is 41.3. The molecule has 0 aliphatic carbocycles.